The van der Waals surface area contributed by atoms with Gasteiger partial charge in [-0.05, 0) is 42.5 Å². The van der Waals surface area contributed by atoms with Gasteiger partial charge < -0.3 is 15.4 Å². The molecule has 0 aliphatic heterocycles. The molecule has 3 aromatic rings. The highest BCUT2D eigenvalue weighted by atomic mass is 32.1. The Morgan fingerprint density at radius 3 is 2.52 bits per heavy atom. The predicted octanol–water partition coefficient (Wildman–Crippen LogP) is 4.07. The zero-order valence-corrected chi connectivity index (χ0v) is 15.2. The molecule has 2 N–H and O–H groups in total. The minimum absolute atomic E-state index is 0.182. The van der Waals surface area contributed by atoms with Crippen LogP contribution in [0.25, 0.3) is 0 Å². The van der Waals surface area contributed by atoms with Crippen LogP contribution >= 0.6 is 11.3 Å². The average Bonchev–Trinajstić information content (AvgIpc) is 3.10. The second-order valence-corrected chi connectivity index (χ2v) is 6.53. The van der Waals surface area contributed by atoms with Gasteiger partial charge in [0.1, 0.15) is 28.9 Å². The quantitative estimate of drug-likeness (QED) is 0.670. The molecule has 0 unspecified atom stereocenters. The molecule has 2 aromatic carbocycles. The maximum Gasteiger partial charge on any atom is 0.275 e. The molecule has 8 heteroatoms. The number of thiazole rings is 1. The normalized spacial score (nSPS) is 10.3. The van der Waals surface area contributed by atoms with Crippen LogP contribution in [-0.4, -0.2) is 16.8 Å². The highest BCUT2D eigenvalue weighted by Gasteiger charge is 2.12. The van der Waals surface area contributed by atoms with Crippen molar-refractivity contribution >= 4 is 34.5 Å². The number of anilines is 2. The van der Waals surface area contributed by atoms with E-state index in [4.69, 9.17) is 4.74 Å². The van der Waals surface area contributed by atoms with Crippen LogP contribution in [0, 0.1) is 5.82 Å². The summed E-state index contributed by atoms with van der Waals surface area (Å²) in [6, 6.07) is 12.5. The van der Waals surface area contributed by atoms with Crippen molar-refractivity contribution < 1.29 is 18.7 Å². The van der Waals surface area contributed by atoms with E-state index in [1.807, 2.05) is 0 Å². The van der Waals surface area contributed by atoms with Gasteiger partial charge in [-0.15, -0.1) is 11.3 Å². The van der Waals surface area contributed by atoms with Crippen LogP contribution in [0.4, 0.5) is 15.8 Å². The molecule has 0 fully saturated rings. The number of hydrogen-bond acceptors (Lipinski definition) is 5. The lowest BCUT2D eigenvalue weighted by molar-refractivity contribution is -0.114. The molecule has 3 rings (SSSR count). The molecule has 0 bridgehead atoms. The SMILES string of the molecule is CC(=O)Nc1cccc(NC(=O)c2csc(COc3ccc(F)cc3)n2)c1. The van der Waals surface area contributed by atoms with E-state index in [1.54, 1.807) is 29.6 Å². The zero-order valence-electron chi connectivity index (χ0n) is 14.4. The second kappa shape index (κ2) is 8.41. The van der Waals surface area contributed by atoms with Crippen LogP contribution in [0.2, 0.25) is 0 Å². The number of amides is 2. The van der Waals surface area contributed by atoms with E-state index >= 15 is 0 Å². The Balaban J connectivity index is 1.59. The first-order valence-corrected chi connectivity index (χ1v) is 8.89. The van der Waals surface area contributed by atoms with Gasteiger partial charge in [0.05, 0.1) is 0 Å². The monoisotopic (exact) mass is 385 g/mol. The van der Waals surface area contributed by atoms with Gasteiger partial charge in [0.2, 0.25) is 5.91 Å². The first kappa shape index (κ1) is 18.5. The van der Waals surface area contributed by atoms with Gasteiger partial charge in [-0.3, -0.25) is 9.59 Å². The third-order valence-electron chi connectivity index (χ3n) is 3.40. The van der Waals surface area contributed by atoms with Crippen molar-refractivity contribution in [1.29, 1.82) is 0 Å². The largest absolute Gasteiger partial charge is 0.486 e. The van der Waals surface area contributed by atoms with E-state index < -0.39 is 0 Å². The highest BCUT2D eigenvalue weighted by Crippen LogP contribution is 2.18. The maximum absolute atomic E-state index is 12.9. The topological polar surface area (TPSA) is 80.3 Å². The molecule has 0 saturated carbocycles. The second-order valence-electron chi connectivity index (χ2n) is 5.59. The van der Waals surface area contributed by atoms with E-state index in [0.29, 0.717) is 22.1 Å². The summed E-state index contributed by atoms with van der Waals surface area (Å²) in [7, 11) is 0. The van der Waals surface area contributed by atoms with Gasteiger partial charge in [-0.25, -0.2) is 9.37 Å². The molecular formula is C19H16FN3O3S. The standard InChI is InChI=1S/C19H16FN3O3S/c1-12(24)21-14-3-2-4-15(9-14)22-19(25)17-11-27-18(23-17)10-26-16-7-5-13(20)6-8-16/h2-9,11H,10H2,1H3,(H,21,24)(H,22,25). The van der Waals surface area contributed by atoms with Gasteiger partial charge in [0.15, 0.2) is 0 Å². The number of aromatic nitrogens is 1. The molecule has 2 amide bonds. The molecule has 0 atom stereocenters. The molecule has 0 spiro atoms. The number of benzene rings is 2. The molecule has 0 aliphatic rings. The third kappa shape index (κ3) is 5.35. The number of nitrogens with one attached hydrogen (secondary N) is 2. The van der Waals surface area contributed by atoms with Crippen molar-refractivity contribution in [2.45, 2.75) is 13.5 Å². The van der Waals surface area contributed by atoms with E-state index in [-0.39, 0.29) is 29.9 Å². The Kier molecular flexibility index (Phi) is 5.77. The fraction of sp³-hybridized carbons (Fsp3) is 0.105. The molecule has 0 saturated heterocycles. The fourth-order valence-corrected chi connectivity index (χ4v) is 2.92. The maximum atomic E-state index is 12.9. The summed E-state index contributed by atoms with van der Waals surface area (Å²) in [4.78, 5) is 27.7. The zero-order chi connectivity index (χ0) is 19.2. The van der Waals surface area contributed by atoms with Crippen molar-refractivity contribution in [3.8, 4) is 5.75 Å². The molecule has 1 aromatic heterocycles. The summed E-state index contributed by atoms with van der Waals surface area (Å²) >= 11 is 1.29. The van der Waals surface area contributed by atoms with E-state index in [9.17, 15) is 14.0 Å². The molecule has 0 radical (unpaired) electrons. The number of carbonyl (C=O) groups is 2. The Morgan fingerprint density at radius 1 is 1.11 bits per heavy atom. The van der Waals surface area contributed by atoms with Crippen molar-refractivity contribution in [3.05, 3.63) is 70.4 Å². The summed E-state index contributed by atoms with van der Waals surface area (Å²) < 4.78 is 18.4. The number of carbonyl (C=O) groups excluding carboxylic acids is 2. The van der Waals surface area contributed by atoms with Crippen LogP contribution in [0.1, 0.15) is 22.4 Å². The van der Waals surface area contributed by atoms with Crippen molar-refractivity contribution in [2.24, 2.45) is 0 Å². The van der Waals surface area contributed by atoms with E-state index in [1.165, 1.54) is 42.5 Å². The number of halogens is 1. The van der Waals surface area contributed by atoms with Crippen molar-refractivity contribution in [2.75, 3.05) is 10.6 Å². The number of nitrogens with zero attached hydrogens (tertiary/aromatic N) is 1. The highest BCUT2D eigenvalue weighted by molar-refractivity contribution is 7.09. The number of hydrogen-bond donors (Lipinski definition) is 2. The first-order valence-electron chi connectivity index (χ1n) is 8.01. The summed E-state index contributed by atoms with van der Waals surface area (Å²) in [6.07, 6.45) is 0. The summed E-state index contributed by atoms with van der Waals surface area (Å²) in [6.45, 7) is 1.59. The van der Waals surface area contributed by atoms with Crippen LogP contribution < -0.4 is 15.4 Å². The molecule has 138 valence electrons. The van der Waals surface area contributed by atoms with Crippen LogP contribution in [0.3, 0.4) is 0 Å². The lowest BCUT2D eigenvalue weighted by atomic mass is 10.2. The van der Waals surface area contributed by atoms with Crippen molar-refractivity contribution in [1.82, 2.24) is 4.98 Å². The molecule has 6 nitrogen and oxygen atoms in total. The lowest BCUT2D eigenvalue weighted by Gasteiger charge is -2.06. The predicted molar refractivity (Wildman–Crippen MR) is 102 cm³/mol. The summed E-state index contributed by atoms with van der Waals surface area (Å²) in [5, 5.41) is 7.65. The molecule has 27 heavy (non-hydrogen) atoms. The molecule has 0 aliphatic carbocycles. The first-order chi connectivity index (χ1) is 13.0. The third-order valence-corrected chi connectivity index (χ3v) is 4.22. The Labute approximate surface area is 159 Å². The molecule has 1 heterocycles. The summed E-state index contributed by atoms with van der Waals surface area (Å²) in [5.41, 5.74) is 1.40. The van der Waals surface area contributed by atoms with Crippen LogP contribution in [-0.2, 0) is 11.4 Å². The molecular weight excluding hydrogens is 369 g/mol. The number of rotatable bonds is 6. The van der Waals surface area contributed by atoms with Gasteiger partial charge in [-0.1, -0.05) is 6.07 Å². The smallest absolute Gasteiger partial charge is 0.275 e. The van der Waals surface area contributed by atoms with Gasteiger partial charge in [-0.2, -0.15) is 0 Å². The van der Waals surface area contributed by atoms with Crippen LogP contribution in [0.5, 0.6) is 5.75 Å². The van der Waals surface area contributed by atoms with E-state index in [2.05, 4.69) is 15.6 Å². The van der Waals surface area contributed by atoms with Crippen molar-refractivity contribution in [3.63, 3.8) is 0 Å². The minimum Gasteiger partial charge on any atom is -0.486 e. The minimum atomic E-state index is -0.362. The number of ether oxygens (including phenoxy) is 1. The van der Waals surface area contributed by atoms with Gasteiger partial charge in [0, 0.05) is 23.7 Å². The lowest BCUT2D eigenvalue weighted by Crippen LogP contribution is -2.13. The Hall–Kier alpha value is -3.26. The van der Waals surface area contributed by atoms with Crippen LogP contribution in [0.15, 0.2) is 53.9 Å². The Morgan fingerprint density at radius 2 is 1.81 bits per heavy atom. The van der Waals surface area contributed by atoms with E-state index in [0.717, 1.165) is 0 Å². The van der Waals surface area contributed by atoms with Gasteiger partial charge in [0.25, 0.3) is 5.91 Å². The fourth-order valence-electron chi connectivity index (χ4n) is 2.23. The van der Waals surface area contributed by atoms with Gasteiger partial charge >= 0.3 is 0 Å². The average molecular weight is 385 g/mol. The Bertz CT molecular complexity index is 957. The summed E-state index contributed by atoms with van der Waals surface area (Å²) in [5.74, 6) is -0.367.